The minimum Gasteiger partial charge on any atom is -0.398 e. The number of nitrogens with two attached hydrogens (primary N) is 1. The molecule has 16 heavy (non-hydrogen) atoms. The second-order valence-corrected chi connectivity index (χ2v) is 3.95. The molecule has 0 saturated heterocycles. The standard InChI is InChI=1S/C12H13ClN2O/c13-10-4-3-9(11-2-1-6-15-11)12(14)8(10)5-7-16/h1-4,6,15-16H,5,7,14H2. The number of aromatic nitrogens is 1. The lowest BCUT2D eigenvalue weighted by atomic mass is 10.0. The van der Waals surface area contributed by atoms with Gasteiger partial charge in [0.2, 0.25) is 0 Å². The summed E-state index contributed by atoms with van der Waals surface area (Å²) in [7, 11) is 0. The molecule has 84 valence electrons. The number of nitrogens with one attached hydrogen (secondary N) is 1. The van der Waals surface area contributed by atoms with E-state index in [1.54, 1.807) is 6.07 Å². The van der Waals surface area contributed by atoms with Crippen molar-refractivity contribution in [3.05, 3.63) is 41.0 Å². The van der Waals surface area contributed by atoms with Gasteiger partial charge in [0, 0.05) is 34.8 Å². The van der Waals surface area contributed by atoms with Gasteiger partial charge in [0.1, 0.15) is 0 Å². The highest BCUT2D eigenvalue weighted by atomic mass is 35.5. The quantitative estimate of drug-likeness (QED) is 0.717. The predicted octanol–water partition coefficient (Wildman–Crippen LogP) is 2.45. The van der Waals surface area contributed by atoms with Gasteiger partial charge in [-0.3, -0.25) is 0 Å². The van der Waals surface area contributed by atoms with E-state index in [1.807, 2.05) is 24.4 Å². The van der Waals surface area contributed by atoms with Crippen LogP contribution in [0.15, 0.2) is 30.5 Å². The summed E-state index contributed by atoms with van der Waals surface area (Å²) in [6.07, 6.45) is 2.31. The Labute approximate surface area is 98.9 Å². The molecule has 4 N–H and O–H groups in total. The van der Waals surface area contributed by atoms with E-state index >= 15 is 0 Å². The molecule has 0 radical (unpaired) electrons. The average molecular weight is 237 g/mol. The van der Waals surface area contributed by atoms with E-state index in [4.69, 9.17) is 22.4 Å². The highest BCUT2D eigenvalue weighted by Gasteiger charge is 2.10. The van der Waals surface area contributed by atoms with Crippen molar-refractivity contribution < 1.29 is 5.11 Å². The summed E-state index contributed by atoms with van der Waals surface area (Å²) in [5.74, 6) is 0. The second kappa shape index (κ2) is 4.60. The highest BCUT2D eigenvalue weighted by Crippen LogP contribution is 2.32. The minimum atomic E-state index is 0.0398. The molecule has 0 saturated carbocycles. The fourth-order valence-corrected chi connectivity index (χ4v) is 2.00. The second-order valence-electron chi connectivity index (χ2n) is 3.54. The number of nitrogen functional groups attached to an aromatic ring is 1. The number of aliphatic hydroxyl groups is 1. The molecule has 3 nitrogen and oxygen atoms in total. The van der Waals surface area contributed by atoms with Crippen LogP contribution in [0.5, 0.6) is 0 Å². The van der Waals surface area contributed by atoms with E-state index in [2.05, 4.69) is 4.98 Å². The summed E-state index contributed by atoms with van der Waals surface area (Å²) >= 11 is 6.04. The third-order valence-corrected chi connectivity index (χ3v) is 2.90. The van der Waals surface area contributed by atoms with E-state index in [0.29, 0.717) is 17.1 Å². The average Bonchev–Trinajstić information content (AvgIpc) is 2.77. The molecule has 4 heteroatoms. The normalized spacial score (nSPS) is 10.6. The van der Waals surface area contributed by atoms with Crippen LogP contribution in [-0.4, -0.2) is 16.7 Å². The van der Waals surface area contributed by atoms with Gasteiger partial charge in [0.05, 0.1) is 0 Å². The maximum atomic E-state index is 8.97. The van der Waals surface area contributed by atoms with E-state index in [9.17, 15) is 0 Å². The van der Waals surface area contributed by atoms with E-state index in [0.717, 1.165) is 16.8 Å². The number of benzene rings is 1. The van der Waals surface area contributed by atoms with Gasteiger partial charge >= 0.3 is 0 Å². The van der Waals surface area contributed by atoms with Crippen molar-refractivity contribution in [3.63, 3.8) is 0 Å². The van der Waals surface area contributed by atoms with Gasteiger partial charge in [0.25, 0.3) is 0 Å². The van der Waals surface area contributed by atoms with Crippen molar-refractivity contribution in [2.24, 2.45) is 0 Å². The van der Waals surface area contributed by atoms with Crippen LogP contribution in [0.2, 0.25) is 5.02 Å². The summed E-state index contributed by atoms with van der Waals surface area (Å²) < 4.78 is 0. The number of anilines is 1. The Bertz CT molecular complexity index is 480. The van der Waals surface area contributed by atoms with E-state index in [-0.39, 0.29) is 6.61 Å². The first-order valence-corrected chi connectivity index (χ1v) is 5.43. The van der Waals surface area contributed by atoms with E-state index < -0.39 is 0 Å². The largest absolute Gasteiger partial charge is 0.398 e. The maximum Gasteiger partial charge on any atom is 0.0474 e. The Kier molecular flexibility index (Phi) is 3.17. The first-order valence-electron chi connectivity index (χ1n) is 5.05. The molecule has 2 rings (SSSR count). The van der Waals surface area contributed by atoms with Crippen molar-refractivity contribution in [2.75, 3.05) is 12.3 Å². The Hall–Kier alpha value is -1.45. The molecule has 1 aromatic carbocycles. The molecule has 0 aliphatic carbocycles. The molecule has 0 aliphatic rings. The molecule has 0 unspecified atom stereocenters. The number of hydrogen-bond acceptors (Lipinski definition) is 2. The molecular formula is C12H13ClN2O. The van der Waals surface area contributed by atoms with Crippen LogP contribution in [0.4, 0.5) is 5.69 Å². The van der Waals surface area contributed by atoms with Gasteiger partial charge in [-0.2, -0.15) is 0 Å². The Morgan fingerprint density at radius 2 is 2.12 bits per heavy atom. The zero-order valence-corrected chi connectivity index (χ0v) is 9.46. The number of halogens is 1. The maximum absolute atomic E-state index is 8.97. The van der Waals surface area contributed by atoms with Crippen LogP contribution in [0.25, 0.3) is 11.3 Å². The lowest BCUT2D eigenvalue weighted by Gasteiger charge is -2.11. The van der Waals surface area contributed by atoms with Crippen molar-refractivity contribution >= 4 is 17.3 Å². The third kappa shape index (κ3) is 1.92. The summed E-state index contributed by atoms with van der Waals surface area (Å²) in [6.45, 7) is 0.0398. The summed E-state index contributed by atoms with van der Waals surface area (Å²) in [6, 6.07) is 7.54. The lowest BCUT2D eigenvalue weighted by molar-refractivity contribution is 0.300. The molecule has 2 aromatic rings. The Morgan fingerprint density at radius 3 is 2.75 bits per heavy atom. The molecule has 0 amide bonds. The van der Waals surface area contributed by atoms with Crippen molar-refractivity contribution in [1.29, 1.82) is 0 Å². The Balaban J connectivity index is 2.52. The fourth-order valence-electron chi connectivity index (χ4n) is 1.74. The summed E-state index contributed by atoms with van der Waals surface area (Å²) in [4.78, 5) is 3.10. The van der Waals surface area contributed by atoms with Crippen LogP contribution < -0.4 is 5.73 Å². The molecular weight excluding hydrogens is 224 g/mol. The number of aliphatic hydroxyl groups excluding tert-OH is 1. The van der Waals surface area contributed by atoms with Crippen molar-refractivity contribution in [2.45, 2.75) is 6.42 Å². The number of aromatic amines is 1. The van der Waals surface area contributed by atoms with Gasteiger partial charge in [0.15, 0.2) is 0 Å². The zero-order chi connectivity index (χ0) is 11.5. The first-order chi connectivity index (χ1) is 7.74. The molecule has 0 spiro atoms. The molecule has 1 heterocycles. The van der Waals surface area contributed by atoms with Crippen LogP contribution in [0, 0.1) is 0 Å². The fraction of sp³-hybridized carbons (Fsp3) is 0.167. The number of hydrogen-bond donors (Lipinski definition) is 3. The lowest BCUT2D eigenvalue weighted by Crippen LogP contribution is -2.01. The highest BCUT2D eigenvalue weighted by molar-refractivity contribution is 6.32. The van der Waals surface area contributed by atoms with E-state index in [1.165, 1.54) is 0 Å². The van der Waals surface area contributed by atoms with Crippen LogP contribution in [0.1, 0.15) is 5.56 Å². The SMILES string of the molecule is Nc1c(-c2ccc[nH]2)ccc(Cl)c1CCO. The van der Waals surface area contributed by atoms with Crippen molar-refractivity contribution in [3.8, 4) is 11.3 Å². The molecule has 0 bridgehead atoms. The van der Waals surface area contributed by atoms with Crippen LogP contribution in [0.3, 0.4) is 0 Å². The summed E-state index contributed by atoms with van der Waals surface area (Å²) in [5, 5.41) is 9.57. The zero-order valence-electron chi connectivity index (χ0n) is 8.70. The minimum absolute atomic E-state index is 0.0398. The van der Waals surface area contributed by atoms with Crippen molar-refractivity contribution in [1.82, 2.24) is 4.98 Å². The topological polar surface area (TPSA) is 62.0 Å². The number of H-pyrrole nitrogens is 1. The first kappa shape index (κ1) is 11.0. The van der Waals surface area contributed by atoms with Gasteiger partial charge in [-0.15, -0.1) is 0 Å². The number of rotatable bonds is 3. The van der Waals surface area contributed by atoms with Gasteiger partial charge in [-0.25, -0.2) is 0 Å². The predicted molar refractivity (Wildman–Crippen MR) is 66.4 cm³/mol. The molecule has 1 aromatic heterocycles. The summed E-state index contributed by atoms with van der Waals surface area (Å²) in [5.41, 5.74) is 9.34. The monoisotopic (exact) mass is 236 g/mol. The smallest absolute Gasteiger partial charge is 0.0474 e. The third-order valence-electron chi connectivity index (χ3n) is 2.55. The Morgan fingerprint density at radius 1 is 1.31 bits per heavy atom. The van der Waals surface area contributed by atoms with Crippen LogP contribution >= 0.6 is 11.6 Å². The van der Waals surface area contributed by atoms with Gasteiger partial charge in [-0.05, 0) is 36.2 Å². The van der Waals surface area contributed by atoms with Crippen LogP contribution in [-0.2, 0) is 6.42 Å². The van der Waals surface area contributed by atoms with Gasteiger partial charge < -0.3 is 15.8 Å². The van der Waals surface area contributed by atoms with Gasteiger partial charge in [-0.1, -0.05) is 11.6 Å². The molecule has 0 aliphatic heterocycles. The molecule has 0 fully saturated rings. The molecule has 0 atom stereocenters.